The SMILES string of the molecule is CCOC(=O)C1=C(Cc2ccc(S(C)(=O)=O)cc2)C(C)(C)N(Cc2ccccc2)C1=O. The lowest BCUT2D eigenvalue weighted by Gasteiger charge is -2.34. The predicted molar refractivity (Wildman–Crippen MR) is 118 cm³/mol. The van der Waals surface area contributed by atoms with E-state index in [1.165, 1.54) is 0 Å². The molecular weight excluding hydrogens is 414 g/mol. The van der Waals surface area contributed by atoms with Gasteiger partial charge in [0.15, 0.2) is 9.84 Å². The van der Waals surface area contributed by atoms with E-state index in [0.717, 1.165) is 17.4 Å². The van der Waals surface area contributed by atoms with Gasteiger partial charge in [0.25, 0.3) is 5.91 Å². The molecule has 0 atom stereocenters. The van der Waals surface area contributed by atoms with E-state index in [0.29, 0.717) is 18.5 Å². The van der Waals surface area contributed by atoms with Crippen molar-refractivity contribution in [3.63, 3.8) is 0 Å². The maximum absolute atomic E-state index is 13.3. The summed E-state index contributed by atoms with van der Waals surface area (Å²) in [5, 5.41) is 0. The molecule has 164 valence electrons. The summed E-state index contributed by atoms with van der Waals surface area (Å²) in [5.41, 5.74) is 1.79. The molecule has 0 N–H and O–H groups in total. The van der Waals surface area contributed by atoms with Gasteiger partial charge in [-0.25, -0.2) is 13.2 Å². The van der Waals surface area contributed by atoms with Crippen molar-refractivity contribution in [1.82, 2.24) is 4.90 Å². The topological polar surface area (TPSA) is 80.8 Å². The zero-order chi connectivity index (χ0) is 22.8. The number of amides is 1. The number of hydrogen-bond acceptors (Lipinski definition) is 5. The van der Waals surface area contributed by atoms with Gasteiger partial charge in [0, 0.05) is 12.8 Å². The third-order valence-corrected chi connectivity index (χ3v) is 6.70. The van der Waals surface area contributed by atoms with E-state index >= 15 is 0 Å². The van der Waals surface area contributed by atoms with Crippen LogP contribution in [0.2, 0.25) is 0 Å². The molecule has 6 nitrogen and oxygen atoms in total. The Morgan fingerprint density at radius 2 is 1.61 bits per heavy atom. The Morgan fingerprint density at radius 1 is 1.00 bits per heavy atom. The lowest BCUT2D eigenvalue weighted by atomic mass is 9.87. The molecular formula is C24H27NO5S. The average molecular weight is 442 g/mol. The predicted octanol–water partition coefficient (Wildman–Crippen LogP) is 3.31. The Hall–Kier alpha value is -2.93. The highest BCUT2D eigenvalue weighted by molar-refractivity contribution is 7.90. The van der Waals surface area contributed by atoms with Crippen LogP contribution < -0.4 is 0 Å². The van der Waals surface area contributed by atoms with Crippen LogP contribution >= 0.6 is 0 Å². The van der Waals surface area contributed by atoms with Crippen LogP contribution in [0.25, 0.3) is 0 Å². The van der Waals surface area contributed by atoms with Crippen LogP contribution in [0.15, 0.2) is 70.6 Å². The minimum Gasteiger partial charge on any atom is -0.462 e. The summed E-state index contributed by atoms with van der Waals surface area (Å²) in [6.45, 7) is 6.08. The first-order valence-electron chi connectivity index (χ1n) is 10.1. The summed E-state index contributed by atoms with van der Waals surface area (Å²) in [4.78, 5) is 28.0. The van der Waals surface area contributed by atoms with Crippen LogP contribution in [0.5, 0.6) is 0 Å². The molecule has 0 fully saturated rings. The van der Waals surface area contributed by atoms with E-state index in [1.54, 1.807) is 36.1 Å². The number of nitrogens with zero attached hydrogens (tertiary/aromatic N) is 1. The van der Waals surface area contributed by atoms with Crippen LogP contribution in [-0.2, 0) is 37.1 Å². The second kappa shape index (κ2) is 8.67. The van der Waals surface area contributed by atoms with E-state index in [-0.39, 0.29) is 23.0 Å². The number of esters is 1. The fourth-order valence-corrected chi connectivity index (χ4v) is 4.43. The minimum atomic E-state index is -3.30. The van der Waals surface area contributed by atoms with Gasteiger partial charge in [0.05, 0.1) is 17.0 Å². The van der Waals surface area contributed by atoms with Gasteiger partial charge in [-0.1, -0.05) is 42.5 Å². The normalized spacial score (nSPS) is 16.0. The summed E-state index contributed by atoms with van der Waals surface area (Å²) < 4.78 is 28.7. The second-order valence-electron chi connectivity index (χ2n) is 8.10. The van der Waals surface area contributed by atoms with Crippen LogP contribution in [0.4, 0.5) is 0 Å². The summed E-state index contributed by atoms with van der Waals surface area (Å²) in [7, 11) is -3.30. The first-order valence-corrected chi connectivity index (χ1v) is 12.0. The molecule has 0 saturated carbocycles. The van der Waals surface area contributed by atoms with E-state index in [9.17, 15) is 18.0 Å². The molecule has 0 aliphatic carbocycles. The van der Waals surface area contributed by atoms with Crippen molar-refractivity contribution in [3.8, 4) is 0 Å². The molecule has 1 aliphatic rings. The Labute approximate surface area is 183 Å². The van der Waals surface area contributed by atoms with Gasteiger partial charge in [-0.05, 0) is 56.0 Å². The summed E-state index contributed by atoms with van der Waals surface area (Å²) in [5.74, 6) is -0.978. The number of carbonyl (C=O) groups excluding carboxylic acids is 2. The number of benzene rings is 2. The number of hydrogen-bond donors (Lipinski definition) is 0. The van der Waals surface area contributed by atoms with Gasteiger partial charge in [-0.2, -0.15) is 0 Å². The molecule has 3 rings (SSSR count). The molecule has 0 unspecified atom stereocenters. The minimum absolute atomic E-state index is 0.0648. The third-order valence-electron chi connectivity index (χ3n) is 5.57. The van der Waals surface area contributed by atoms with Gasteiger partial charge < -0.3 is 9.64 Å². The fourth-order valence-electron chi connectivity index (χ4n) is 3.80. The fraction of sp³-hybridized carbons (Fsp3) is 0.333. The Bertz CT molecular complexity index is 1120. The molecule has 7 heteroatoms. The van der Waals surface area contributed by atoms with E-state index < -0.39 is 21.3 Å². The van der Waals surface area contributed by atoms with Gasteiger partial charge in [-0.15, -0.1) is 0 Å². The van der Waals surface area contributed by atoms with Crippen LogP contribution in [0.3, 0.4) is 0 Å². The highest BCUT2D eigenvalue weighted by atomic mass is 32.2. The maximum Gasteiger partial charge on any atom is 0.343 e. The molecule has 0 radical (unpaired) electrons. The molecule has 1 heterocycles. The highest BCUT2D eigenvalue weighted by Gasteiger charge is 2.47. The largest absolute Gasteiger partial charge is 0.462 e. The van der Waals surface area contributed by atoms with Crippen molar-refractivity contribution in [2.75, 3.05) is 12.9 Å². The van der Waals surface area contributed by atoms with Crippen molar-refractivity contribution >= 4 is 21.7 Å². The quantitative estimate of drug-likeness (QED) is 0.486. The molecule has 0 bridgehead atoms. The molecule has 2 aromatic carbocycles. The van der Waals surface area contributed by atoms with E-state index in [4.69, 9.17) is 4.74 Å². The van der Waals surface area contributed by atoms with Gasteiger partial charge in [0.1, 0.15) is 5.57 Å². The molecule has 2 aromatic rings. The highest BCUT2D eigenvalue weighted by Crippen LogP contribution is 2.39. The van der Waals surface area contributed by atoms with Crippen molar-refractivity contribution in [2.45, 2.75) is 44.2 Å². The van der Waals surface area contributed by atoms with Crippen molar-refractivity contribution in [3.05, 3.63) is 76.9 Å². The summed E-state index contributed by atoms with van der Waals surface area (Å²) in [6, 6.07) is 16.1. The Kier molecular flexibility index (Phi) is 6.36. The van der Waals surface area contributed by atoms with Crippen molar-refractivity contribution in [2.24, 2.45) is 0 Å². The monoisotopic (exact) mass is 441 g/mol. The van der Waals surface area contributed by atoms with Gasteiger partial charge >= 0.3 is 5.97 Å². The standard InChI is InChI=1S/C24H27NO5S/c1-5-30-23(27)21-20(15-17-11-13-19(14-12-17)31(4,28)29)24(2,3)25(22(21)26)16-18-9-7-6-8-10-18/h6-14H,5,15-16H2,1-4H3. The smallest absolute Gasteiger partial charge is 0.343 e. The number of sulfone groups is 1. The Balaban J connectivity index is 2.00. The molecule has 0 aromatic heterocycles. The zero-order valence-corrected chi connectivity index (χ0v) is 19.0. The molecule has 0 saturated heterocycles. The first kappa shape index (κ1) is 22.7. The van der Waals surface area contributed by atoms with Gasteiger partial charge in [-0.3, -0.25) is 4.79 Å². The molecule has 1 aliphatic heterocycles. The molecule has 1 amide bonds. The summed E-state index contributed by atoms with van der Waals surface area (Å²) >= 11 is 0. The number of ether oxygens (including phenoxy) is 1. The number of rotatable bonds is 7. The number of carbonyl (C=O) groups is 2. The van der Waals surface area contributed by atoms with Gasteiger partial charge in [0.2, 0.25) is 0 Å². The van der Waals surface area contributed by atoms with Crippen molar-refractivity contribution in [1.29, 1.82) is 0 Å². The molecule has 0 spiro atoms. The maximum atomic E-state index is 13.3. The van der Waals surface area contributed by atoms with E-state index in [1.807, 2.05) is 44.2 Å². The van der Waals surface area contributed by atoms with E-state index in [2.05, 4.69) is 0 Å². The lowest BCUT2D eigenvalue weighted by Crippen LogP contribution is -2.43. The third kappa shape index (κ3) is 4.71. The molecule has 31 heavy (non-hydrogen) atoms. The zero-order valence-electron chi connectivity index (χ0n) is 18.2. The van der Waals surface area contributed by atoms with Crippen LogP contribution in [0.1, 0.15) is 31.9 Å². The van der Waals surface area contributed by atoms with Crippen LogP contribution in [-0.4, -0.2) is 43.6 Å². The average Bonchev–Trinajstić information content (AvgIpc) is 2.89. The lowest BCUT2D eigenvalue weighted by molar-refractivity contribution is -0.141. The first-order chi connectivity index (χ1) is 14.6. The Morgan fingerprint density at radius 3 is 2.16 bits per heavy atom. The van der Waals surface area contributed by atoms with Crippen molar-refractivity contribution < 1.29 is 22.7 Å². The second-order valence-corrected chi connectivity index (χ2v) is 10.1. The van der Waals surface area contributed by atoms with Crippen LogP contribution in [0, 0.1) is 0 Å². The summed E-state index contributed by atoms with van der Waals surface area (Å²) in [6.07, 6.45) is 1.49.